The number of nitrogens with two attached hydrogens (primary N) is 1. The number of fused-ring (bicyclic) bond motifs is 1. The van der Waals surface area contributed by atoms with Crippen LogP contribution in [0.5, 0.6) is 0 Å². The summed E-state index contributed by atoms with van der Waals surface area (Å²) in [6, 6.07) is 2.01. The summed E-state index contributed by atoms with van der Waals surface area (Å²) in [5.41, 5.74) is 9.07. The second kappa shape index (κ2) is 4.19. The van der Waals surface area contributed by atoms with Crippen LogP contribution in [0.3, 0.4) is 0 Å². The first-order valence-corrected chi connectivity index (χ1v) is 5.72. The van der Waals surface area contributed by atoms with Crippen LogP contribution in [0.4, 0.5) is 0 Å². The van der Waals surface area contributed by atoms with Crippen LogP contribution in [0, 0.1) is 0 Å². The van der Waals surface area contributed by atoms with E-state index < -0.39 is 0 Å². The first kappa shape index (κ1) is 10.4. The van der Waals surface area contributed by atoms with E-state index >= 15 is 0 Å². The van der Waals surface area contributed by atoms with Crippen LogP contribution >= 0.6 is 0 Å². The number of hydrogen-bond acceptors (Lipinski definition) is 2. The Morgan fingerprint density at radius 2 is 2.27 bits per heavy atom. The second-order valence-corrected chi connectivity index (χ2v) is 4.16. The van der Waals surface area contributed by atoms with Crippen molar-refractivity contribution in [2.24, 2.45) is 5.73 Å². The van der Waals surface area contributed by atoms with Gasteiger partial charge in [-0.1, -0.05) is 6.92 Å². The first-order valence-electron chi connectivity index (χ1n) is 5.72. The molecule has 1 aliphatic rings. The molecule has 1 aromatic heterocycles. The zero-order valence-corrected chi connectivity index (χ0v) is 9.25. The van der Waals surface area contributed by atoms with Gasteiger partial charge in [0.2, 0.25) is 0 Å². The van der Waals surface area contributed by atoms with Crippen LogP contribution in [0.1, 0.15) is 36.6 Å². The summed E-state index contributed by atoms with van der Waals surface area (Å²) in [7, 11) is 0. The van der Waals surface area contributed by atoms with E-state index in [0.29, 0.717) is 6.54 Å². The highest BCUT2D eigenvalue weighted by atomic mass is 16.1. The van der Waals surface area contributed by atoms with E-state index in [-0.39, 0.29) is 5.56 Å². The third-order valence-electron chi connectivity index (χ3n) is 3.09. The number of hydrogen-bond donors (Lipinski definition) is 1. The summed E-state index contributed by atoms with van der Waals surface area (Å²) in [5.74, 6) is 0. The van der Waals surface area contributed by atoms with Gasteiger partial charge < -0.3 is 10.3 Å². The highest BCUT2D eigenvalue weighted by Gasteiger charge is 2.17. The number of nitrogens with zero attached hydrogens (tertiary/aromatic N) is 1. The fourth-order valence-electron chi connectivity index (χ4n) is 2.39. The van der Waals surface area contributed by atoms with E-state index in [4.69, 9.17) is 5.73 Å². The predicted molar refractivity (Wildman–Crippen MR) is 60.9 cm³/mol. The molecule has 0 amide bonds. The lowest BCUT2D eigenvalue weighted by atomic mass is 10.1. The minimum absolute atomic E-state index is 0.125. The molecule has 0 aromatic carbocycles. The Balaban J connectivity index is 2.58. The Bertz CT molecular complexity index is 420. The van der Waals surface area contributed by atoms with Crippen molar-refractivity contribution in [3.05, 3.63) is 33.2 Å². The van der Waals surface area contributed by atoms with Crippen molar-refractivity contribution < 1.29 is 0 Å². The van der Waals surface area contributed by atoms with Crippen molar-refractivity contribution in [2.45, 2.75) is 45.7 Å². The van der Waals surface area contributed by atoms with E-state index in [2.05, 4.69) is 6.92 Å². The van der Waals surface area contributed by atoms with Crippen LogP contribution in [0.25, 0.3) is 0 Å². The van der Waals surface area contributed by atoms with E-state index in [1.165, 1.54) is 17.7 Å². The van der Waals surface area contributed by atoms with Crippen LogP contribution in [0.2, 0.25) is 0 Å². The zero-order chi connectivity index (χ0) is 10.8. The Hall–Kier alpha value is -1.09. The lowest BCUT2D eigenvalue weighted by Gasteiger charge is -2.13. The SMILES string of the molecule is CCCn1c2c(cc(CN)c1=O)CCC2. The van der Waals surface area contributed by atoms with Gasteiger partial charge in [0, 0.05) is 24.3 Å². The molecule has 1 aliphatic carbocycles. The van der Waals surface area contributed by atoms with Gasteiger partial charge in [-0.3, -0.25) is 4.79 Å². The zero-order valence-electron chi connectivity index (χ0n) is 9.25. The molecule has 2 N–H and O–H groups in total. The molecule has 0 saturated carbocycles. The molecule has 82 valence electrons. The highest BCUT2D eigenvalue weighted by molar-refractivity contribution is 5.30. The van der Waals surface area contributed by atoms with Gasteiger partial charge >= 0.3 is 0 Å². The van der Waals surface area contributed by atoms with E-state index in [1.807, 2.05) is 10.6 Å². The summed E-state index contributed by atoms with van der Waals surface area (Å²) >= 11 is 0. The largest absolute Gasteiger partial charge is 0.326 e. The molecule has 0 saturated heterocycles. The van der Waals surface area contributed by atoms with Gasteiger partial charge in [0.25, 0.3) is 5.56 Å². The minimum atomic E-state index is 0.125. The molecule has 3 heteroatoms. The molecule has 0 unspecified atom stereocenters. The summed E-state index contributed by atoms with van der Waals surface area (Å²) in [5, 5.41) is 0. The Kier molecular flexibility index (Phi) is 2.91. The molecule has 0 aliphatic heterocycles. The fraction of sp³-hybridized carbons (Fsp3) is 0.583. The van der Waals surface area contributed by atoms with Crippen molar-refractivity contribution >= 4 is 0 Å². The first-order chi connectivity index (χ1) is 7.27. The maximum absolute atomic E-state index is 12.0. The Morgan fingerprint density at radius 1 is 1.47 bits per heavy atom. The van der Waals surface area contributed by atoms with Gasteiger partial charge in [-0.05, 0) is 37.3 Å². The highest BCUT2D eigenvalue weighted by Crippen LogP contribution is 2.21. The molecule has 0 spiro atoms. The number of aromatic nitrogens is 1. The quantitative estimate of drug-likeness (QED) is 0.808. The predicted octanol–water partition coefficient (Wildman–Crippen LogP) is 1.21. The number of pyridine rings is 1. The van der Waals surface area contributed by atoms with Crippen molar-refractivity contribution in [3.63, 3.8) is 0 Å². The van der Waals surface area contributed by atoms with Crippen molar-refractivity contribution in [1.29, 1.82) is 0 Å². The van der Waals surface area contributed by atoms with Gasteiger partial charge in [0.15, 0.2) is 0 Å². The molecule has 1 heterocycles. The van der Waals surface area contributed by atoms with E-state index in [0.717, 1.165) is 31.4 Å². The second-order valence-electron chi connectivity index (χ2n) is 4.16. The lowest BCUT2D eigenvalue weighted by Crippen LogP contribution is -2.28. The topological polar surface area (TPSA) is 48.0 Å². The fourth-order valence-corrected chi connectivity index (χ4v) is 2.39. The molecule has 3 nitrogen and oxygen atoms in total. The standard InChI is InChI=1S/C12H18N2O/c1-2-6-14-11-5-3-4-9(11)7-10(8-13)12(14)15/h7H,2-6,8,13H2,1H3. The van der Waals surface area contributed by atoms with Gasteiger partial charge in [0.05, 0.1) is 0 Å². The molecule has 1 aromatic rings. The van der Waals surface area contributed by atoms with Crippen LogP contribution < -0.4 is 11.3 Å². The number of rotatable bonds is 3. The average molecular weight is 206 g/mol. The van der Waals surface area contributed by atoms with Gasteiger partial charge in [-0.15, -0.1) is 0 Å². The molecule has 2 rings (SSSR count). The van der Waals surface area contributed by atoms with E-state index in [1.54, 1.807) is 0 Å². The summed E-state index contributed by atoms with van der Waals surface area (Å²) in [4.78, 5) is 12.0. The minimum Gasteiger partial charge on any atom is -0.326 e. The molecule has 0 atom stereocenters. The van der Waals surface area contributed by atoms with Crippen LogP contribution in [0.15, 0.2) is 10.9 Å². The van der Waals surface area contributed by atoms with Crippen LogP contribution in [-0.2, 0) is 25.9 Å². The van der Waals surface area contributed by atoms with E-state index in [9.17, 15) is 4.79 Å². The molecular weight excluding hydrogens is 188 g/mol. The van der Waals surface area contributed by atoms with Crippen molar-refractivity contribution in [2.75, 3.05) is 0 Å². The van der Waals surface area contributed by atoms with Gasteiger partial charge in [0.1, 0.15) is 0 Å². The smallest absolute Gasteiger partial charge is 0.255 e. The Labute approximate surface area is 89.9 Å². The third kappa shape index (κ3) is 1.72. The van der Waals surface area contributed by atoms with Gasteiger partial charge in [-0.25, -0.2) is 0 Å². The van der Waals surface area contributed by atoms with Gasteiger partial charge in [-0.2, -0.15) is 0 Å². The van der Waals surface area contributed by atoms with Crippen molar-refractivity contribution in [3.8, 4) is 0 Å². The molecule has 15 heavy (non-hydrogen) atoms. The summed E-state index contributed by atoms with van der Waals surface area (Å²) < 4.78 is 1.94. The lowest BCUT2D eigenvalue weighted by molar-refractivity contribution is 0.617. The maximum atomic E-state index is 12.0. The maximum Gasteiger partial charge on any atom is 0.255 e. The normalized spacial score (nSPS) is 14.3. The molecular formula is C12H18N2O. The Morgan fingerprint density at radius 3 is 2.93 bits per heavy atom. The monoisotopic (exact) mass is 206 g/mol. The summed E-state index contributed by atoms with van der Waals surface area (Å²) in [6.07, 6.45) is 4.33. The molecule has 0 fully saturated rings. The third-order valence-corrected chi connectivity index (χ3v) is 3.09. The molecule has 0 bridgehead atoms. The molecule has 0 radical (unpaired) electrons. The van der Waals surface area contributed by atoms with Crippen molar-refractivity contribution in [1.82, 2.24) is 4.57 Å². The average Bonchev–Trinajstić information content (AvgIpc) is 2.69. The van der Waals surface area contributed by atoms with Crippen LogP contribution in [-0.4, -0.2) is 4.57 Å². The summed E-state index contributed by atoms with van der Waals surface area (Å²) in [6.45, 7) is 3.29. The number of aryl methyl sites for hydroxylation is 1.